The lowest BCUT2D eigenvalue weighted by molar-refractivity contribution is -0.140. The number of hydrogen-bond donors (Lipinski definition) is 0. The molecule has 0 bridgehead atoms. The van der Waals surface area contributed by atoms with Crippen molar-refractivity contribution >= 4 is 16.2 Å². The predicted octanol–water partition coefficient (Wildman–Crippen LogP) is 0.458. The zero-order valence-electron chi connectivity index (χ0n) is 11.5. The van der Waals surface area contributed by atoms with Crippen molar-refractivity contribution in [1.29, 1.82) is 0 Å². The summed E-state index contributed by atoms with van der Waals surface area (Å²) in [5.74, 6) is 0.674. The van der Waals surface area contributed by atoms with Gasteiger partial charge in [-0.2, -0.15) is 17.0 Å². The van der Waals surface area contributed by atoms with E-state index in [0.29, 0.717) is 24.9 Å². The highest BCUT2D eigenvalue weighted by Crippen LogP contribution is 2.38. The van der Waals surface area contributed by atoms with Crippen LogP contribution in [0.3, 0.4) is 0 Å². The van der Waals surface area contributed by atoms with Gasteiger partial charge in [-0.1, -0.05) is 6.42 Å². The summed E-state index contributed by atoms with van der Waals surface area (Å²) >= 11 is 0. The minimum Gasteiger partial charge on any atom is -0.469 e. The van der Waals surface area contributed by atoms with Crippen molar-refractivity contribution in [3.63, 3.8) is 0 Å². The largest absolute Gasteiger partial charge is 0.469 e. The average Bonchev–Trinajstić information content (AvgIpc) is 2.95. The predicted molar refractivity (Wildman–Crippen MR) is 70.6 cm³/mol. The second-order valence-electron chi connectivity index (χ2n) is 5.42. The Morgan fingerprint density at radius 1 is 1.32 bits per heavy atom. The molecule has 0 aromatic heterocycles. The Balaban J connectivity index is 1.92. The second-order valence-corrected chi connectivity index (χ2v) is 7.46. The number of fused-ring (bicyclic) bond motifs is 1. The molecule has 1 aliphatic carbocycles. The lowest BCUT2D eigenvalue weighted by atomic mass is 10.0. The highest BCUT2D eigenvalue weighted by Gasteiger charge is 2.42. The fourth-order valence-electron chi connectivity index (χ4n) is 3.04. The third-order valence-corrected chi connectivity index (χ3v) is 6.19. The number of nitrogens with zero attached hydrogens (tertiary/aromatic N) is 2. The van der Waals surface area contributed by atoms with E-state index in [0.717, 1.165) is 12.8 Å². The summed E-state index contributed by atoms with van der Waals surface area (Å²) in [6.45, 7) is 1.44. The maximum Gasteiger partial charge on any atom is 0.306 e. The normalized spacial score (nSPS) is 27.7. The van der Waals surface area contributed by atoms with Crippen LogP contribution in [0.25, 0.3) is 0 Å². The van der Waals surface area contributed by atoms with E-state index in [9.17, 15) is 13.2 Å². The van der Waals surface area contributed by atoms with Crippen LogP contribution in [-0.4, -0.2) is 56.8 Å². The van der Waals surface area contributed by atoms with Gasteiger partial charge in [-0.05, 0) is 24.7 Å². The first-order chi connectivity index (χ1) is 8.95. The van der Waals surface area contributed by atoms with Gasteiger partial charge in [-0.3, -0.25) is 4.79 Å². The van der Waals surface area contributed by atoms with Gasteiger partial charge in [0.05, 0.1) is 13.5 Å². The van der Waals surface area contributed by atoms with E-state index in [-0.39, 0.29) is 18.9 Å². The fourth-order valence-corrected chi connectivity index (χ4v) is 4.52. The molecule has 2 fully saturated rings. The van der Waals surface area contributed by atoms with Gasteiger partial charge in [0.25, 0.3) is 10.2 Å². The lowest BCUT2D eigenvalue weighted by Gasteiger charge is -2.24. The molecular formula is C12H22N2O4S. The first-order valence-corrected chi connectivity index (χ1v) is 8.13. The summed E-state index contributed by atoms with van der Waals surface area (Å²) in [5.41, 5.74) is 0. The molecule has 0 radical (unpaired) electrons. The zero-order chi connectivity index (χ0) is 14.0. The molecular weight excluding hydrogens is 268 g/mol. The van der Waals surface area contributed by atoms with Gasteiger partial charge >= 0.3 is 5.97 Å². The maximum atomic E-state index is 12.4. The highest BCUT2D eigenvalue weighted by atomic mass is 32.2. The Labute approximate surface area is 114 Å². The number of hydrogen-bond acceptors (Lipinski definition) is 4. The molecule has 1 heterocycles. The molecule has 0 aromatic rings. The van der Waals surface area contributed by atoms with E-state index >= 15 is 0 Å². The summed E-state index contributed by atoms with van der Waals surface area (Å²) in [7, 11) is -0.601. The maximum absolute atomic E-state index is 12.4. The number of esters is 1. The lowest BCUT2D eigenvalue weighted by Crippen LogP contribution is -2.41. The van der Waals surface area contributed by atoms with Crippen LogP contribution in [0.15, 0.2) is 0 Å². The van der Waals surface area contributed by atoms with Crippen molar-refractivity contribution in [1.82, 2.24) is 8.61 Å². The molecule has 1 saturated carbocycles. The van der Waals surface area contributed by atoms with Crippen LogP contribution in [0.2, 0.25) is 0 Å². The third kappa shape index (κ3) is 3.09. The quantitative estimate of drug-likeness (QED) is 0.690. The number of carbonyl (C=O) groups excluding carboxylic acids is 1. The van der Waals surface area contributed by atoms with Gasteiger partial charge in [0.15, 0.2) is 0 Å². The fraction of sp³-hybridized carbons (Fsp3) is 0.917. The van der Waals surface area contributed by atoms with Crippen molar-refractivity contribution in [2.24, 2.45) is 11.8 Å². The minimum atomic E-state index is -3.43. The molecule has 7 heteroatoms. The van der Waals surface area contributed by atoms with Gasteiger partial charge in [-0.15, -0.1) is 0 Å². The van der Waals surface area contributed by atoms with Crippen molar-refractivity contribution in [2.75, 3.05) is 33.8 Å². The molecule has 1 aliphatic heterocycles. The summed E-state index contributed by atoms with van der Waals surface area (Å²) in [5, 5.41) is 0. The number of methoxy groups -OCH3 is 1. The SMILES string of the molecule is COC(=O)CCN(C)S(=O)(=O)N1CC2CCCC2C1. The van der Waals surface area contributed by atoms with Gasteiger partial charge in [0, 0.05) is 26.7 Å². The topological polar surface area (TPSA) is 66.9 Å². The van der Waals surface area contributed by atoms with E-state index in [1.54, 1.807) is 4.31 Å². The van der Waals surface area contributed by atoms with Crippen LogP contribution >= 0.6 is 0 Å². The molecule has 2 unspecified atom stereocenters. The van der Waals surface area contributed by atoms with E-state index in [4.69, 9.17) is 0 Å². The standard InChI is InChI=1S/C12H22N2O4S/c1-13(7-6-12(15)18-2)19(16,17)14-8-10-4-3-5-11(10)9-14/h10-11H,3-9H2,1-2H3. The van der Waals surface area contributed by atoms with Crippen LogP contribution in [0.1, 0.15) is 25.7 Å². The summed E-state index contributed by atoms with van der Waals surface area (Å²) in [6.07, 6.45) is 3.60. The van der Waals surface area contributed by atoms with Crippen LogP contribution in [0.5, 0.6) is 0 Å². The Hall–Kier alpha value is -0.660. The second kappa shape index (κ2) is 5.76. The Morgan fingerprint density at radius 2 is 1.89 bits per heavy atom. The van der Waals surface area contributed by atoms with Crippen molar-refractivity contribution < 1.29 is 17.9 Å². The summed E-state index contributed by atoms with van der Waals surface area (Å²) in [6, 6.07) is 0. The zero-order valence-corrected chi connectivity index (χ0v) is 12.4. The van der Waals surface area contributed by atoms with Gasteiger partial charge in [-0.25, -0.2) is 0 Å². The highest BCUT2D eigenvalue weighted by molar-refractivity contribution is 7.86. The van der Waals surface area contributed by atoms with E-state index in [1.807, 2.05) is 0 Å². The third-order valence-electron chi connectivity index (χ3n) is 4.27. The van der Waals surface area contributed by atoms with Crippen LogP contribution < -0.4 is 0 Å². The Kier molecular flexibility index (Phi) is 4.47. The number of ether oxygens (including phenoxy) is 1. The average molecular weight is 290 g/mol. The first-order valence-electron chi connectivity index (χ1n) is 6.73. The molecule has 110 valence electrons. The minimum absolute atomic E-state index is 0.0902. The van der Waals surface area contributed by atoms with E-state index in [2.05, 4.69) is 4.74 Å². The van der Waals surface area contributed by atoms with Crippen LogP contribution in [0, 0.1) is 11.8 Å². The molecule has 6 nitrogen and oxygen atoms in total. The van der Waals surface area contributed by atoms with Crippen molar-refractivity contribution in [3.05, 3.63) is 0 Å². The monoisotopic (exact) mass is 290 g/mol. The smallest absolute Gasteiger partial charge is 0.306 e. The van der Waals surface area contributed by atoms with Crippen molar-refractivity contribution in [2.45, 2.75) is 25.7 Å². The molecule has 19 heavy (non-hydrogen) atoms. The Bertz CT molecular complexity index is 425. The molecule has 0 N–H and O–H groups in total. The summed E-state index contributed by atoms with van der Waals surface area (Å²) in [4.78, 5) is 11.1. The molecule has 2 rings (SSSR count). The molecule has 0 amide bonds. The van der Waals surface area contributed by atoms with E-state index in [1.165, 1.54) is 24.9 Å². The van der Waals surface area contributed by atoms with Gasteiger partial charge in [0.2, 0.25) is 0 Å². The molecule has 0 aromatic carbocycles. The summed E-state index contributed by atoms with van der Waals surface area (Å²) < 4.78 is 32.1. The van der Waals surface area contributed by atoms with Gasteiger partial charge in [0.1, 0.15) is 0 Å². The van der Waals surface area contributed by atoms with E-state index < -0.39 is 10.2 Å². The molecule has 0 spiro atoms. The van der Waals surface area contributed by atoms with Gasteiger partial charge < -0.3 is 4.74 Å². The Morgan fingerprint density at radius 3 is 2.42 bits per heavy atom. The number of carbonyl (C=O) groups is 1. The molecule has 2 atom stereocenters. The first kappa shape index (κ1) is 14.7. The van der Waals surface area contributed by atoms with Crippen LogP contribution in [0.4, 0.5) is 0 Å². The van der Waals surface area contributed by atoms with Crippen molar-refractivity contribution in [3.8, 4) is 0 Å². The molecule has 1 saturated heterocycles. The van der Waals surface area contributed by atoms with Crippen LogP contribution in [-0.2, 0) is 19.7 Å². The number of rotatable bonds is 5. The molecule has 2 aliphatic rings.